The van der Waals surface area contributed by atoms with Crippen LogP contribution >= 0.6 is 11.6 Å². The summed E-state index contributed by atoms with van der Waals surface area (Å²) in [5.41, 5.74) is 2.23. The van der Waals surface area contributed by atoms with Crippen molar-refractivity contribution in [3.8, 4) is 5.75 Å². The van der Waals surface area contributed by atoms with Gasteiger partial charge in [0.1, 0.15) is 23.3 Å². The van der Waals surface area contributed by atoms with Crippen molar-refractivity contribution in [2.75, 3.05) is 17.3 Å². The zero-order valence-electron chi connectivity index (χ0n) is 19.1. The summed E-state index contributed by atoms with van der Waals surface area (Å²) >= 11 is 6.33. The van der Waals surface area contributed by atoms with Gasteiger partial charge in [0.25, 0.3) is 11.7 Å². The van der Waals surface area contributed by atoms with Gasteiger partial charge in [-0.1, -0.05) is 29.8 Å². The van der Waals surface area contributed by atoms with Gasteiger partial charge in [-0.3, -0.25) is 14.5 Å². The van der Waals surface area contributed by atoms with Crippen molar-refractivity contribution >= 4 is 46.1 Å². The number of Topliss-reactive ketones (excluding diaryl/α,β-unsaturated/α-hetero) is 1. The summed E-state index contributed by atoms with van der Waals surface area (Å²) in [5, 5.41) is 14.7. The maximum Gasteiger partial charge on any atom is 0.300 e. The number of aliphatic hydroxyl groups is 1. The zero-order valence-corrected chi connectivity index (χ0v) is 19.9. The van der Waals surface area contributed by atoms with Gasteiger partial charge < -0.3 is 19.6 Å². The van der Waals surface area contributed by atoms with E-state index in [1.54, 1.807) is 48.5 Å². The van der Waals surface area contributed by atoms with Crippen LogP contribution in [-0.4, -0.2) is 23.9 Å². The molecule has 180 valence electrons. The van der Waals surface area contributed by atoms with Crippen LogP contribution in [0.5, 0.6) is 5.75 Å². The molecule has 4 aromatic rings. The smallest absolute Gasteiger partial charge is 0.300 e. The first-order valence-electron chi connectivity index (χ1n) is 11.1. The topological polar surface area (TPSA) is 92.0 Å². The molecule has 1 amide bonds. The number of para-hydroxylation sites is 1. The fraction of sp³-hybridized carbons (Fsp3) is 0.0714. The van der Waals surface area contributed by atoms with Crippen LogP contribution in [0.1, 0.15) is 17.4 Å². The number of nitrogens with zero attached hydrogens (tertiary/aromatic N) is 1. The van der Waals surface area contributed by atoms with E-state index in [2.05, 4.69) is 5.32 Å². The number of anilines is 3. The Morgan fingerprint density at radius 3 is 2.36 bits per heavy atom. The third-order valence-electron chi connectivity index (χ3n) is 5.89. The second kappa shape index (κ2) is 9.64. The number of carbonyl (C=O) groups excluding carboxylic acids is 2. The number of hydrogen-bond acceptors (Lipinski definition) is 6. The molecule has 1 aliphatic rings. The molecular formula is C28H21ClN2O5. The van der Waals surface area contributed by atoms with Crippen LogP contribution in [0.4, 0.5) is 17.1 Å². The molecule has 8 heteroatoms. The summed E-state index contributed by atoms with van der Waals surface area (Å²) in [4.78, 5) is 27.8. The summed E-state index contributed by atoms with van der Waals surface area (Å²) in [6.07, 6.45) is 1.45. The van der Waals surface area contributed by atoms with Gasteiger partial charge in [0.05, 0.1) is 24.0 Å². The Morgan fingerprint density at radius 1 is 0.972 bits per heavy atom. The van der Waals surface area contributed by atoms with Crippen LogP contribution in [0.3, 0.4) is 0 Å². The molecule has 0 radical (unpaired) electrons. The number of ether oxygens (including phenoxy) is 1. The predicted octanol–water partition coefficient (Wildman–Crippen LogP) is 6.31. The van der Waals surface area contributed by atoms with Crippen molar-refractivity contribution in [3.05, 3.63) is 113 Å². The molecule has 0 saturated carbocycles. The highest BCUT2D eigenvalue weighted by molar-refractivity contribution is 6.52. The first kappa shape index (κ1) is 23.3. The average molecular weight is 501 g/mol. The Labute approximate surface area is 212 Å². The van der Waals surface area contributed by atoms with E-state index in [1.807, 2.05) is 30.3 Å². The molecule has 1 saturated heterocycles. The molecule has 36 heavy (non-hydrogen) atoms. The Morgan fingerprint density at radius 2 is 1.69 bits per heavy atom. The number of benzene rings is 3. The van der Waals surface area contributed by atoms with Gasteiger partial charge in [-0.15, -0.1) is 0 Å². The average Bonchev–Trinajstić information content (AvgIpc) is 3.52. The minimum absolute atomic E-state index is 0.128. The first-order valence-corrected chi connectivity index (χ1v) is 11.5. The van der Waals surface area contributed by atoms with Crippen molar-refractivity contribution in [3.63, 3.8) is 0 Å². The zero-order chi connectivity index (χ0) is 25.2. The summed E-state index contributed by atoms with van der Waals surface area (Å²) in [5.74, 6) is -1.30. The minimum Gasteiger partial charge on any atom is -0.507 e. The molecule has 2 heterocycles. The summed E-state index contributed by atoms with van der Waals surface area (Å²) in [6, 6.07) is 23.7. The SMILES string of the molecule is COc1ccc(Cl)c(/C(O)=C2/C(=O)C(=O)N(c3ccc(Nc4ccccc4)cc3)C2c2ccco2)c1. The van der Waals surface area contributed by atoms with Crippen molar-refractivity contribution in [1.82, 2.24) is 0 Å². The van der Waals surface area contributed by atoms with Crippen molar-refractivity contribution in [2.45, 2.75) is 6.04 Å². The Kier molecular flexibility index (Phi) is 6.23. The van der Waals surface area contributed by atoms with Gasteiger partial charge >= 0.3 is 0 Å². The highest BCUT2D eigenvalue weighted by Gasteiger charge is 2.48. The molecule has 0 aliphatic carbocycles. The monoisotopic (exact) mass is 500 g/mol. The third kappa shape index (κ3) is 4.21. The van der Waals surface area contributed by atoms with E-state index in [4.69, 9.17) is 20.8 Å². The maximum atomic E-state index is 13.3. The van der Waals surface area contributed by atoms with Crippen LogP contribution in [0, 0.1) is 0 Å². The number of hydrogen-bond donors (Lipinski definition) is 2. The highest BCUT2D eigenvalue weighted by Crippen LogP contribution is 2.43. The van der Waals surface area contributed by atoms with E-state index in [-0.39, 0.29) is 16.2 Å². The van der Waals surface area contributed by atoms with Gasteiger partial charge in [0.15, 0.2) is 0 Å². The summed E-state index contributed by atoms with van der Waals surface area (Å²) < 4.78 is 10.8. The minimum atomic E-state index is -0.991. The van der Waals surface area contributed by atoms with Gasteiger partial charge in [-0.2, -0.15) is 0 Å². The van der Waals surface area contributed by atoms with Crippen LogP contribution in [0.2, 0.25) is 5.02 Å². The maximum absolute atomic E-state index is 13.3. The van der Waals surface area contributed by atoms with E-state index in [0.29, 0.717) is 17.2 Å². The molecule has 1 fully saturated rings. The number of rotatable bonds is 6. The molecule has 7 nitrogen and oxygen atoms in total. The lowest BCUT2D eigenvalue weighted by molar-refractivity contribution is -0.132. The van der Waals surface area contributed by atoms with Crippen LogP contribution in [0.25, 0.3) is 5.76 Å². The first-order chi connectivity index (χ1) is 17.5. The number of carbonyl (C=O) groups is 2. The molecule has 1 unspecified atom stereocenters. The number of nitrogens with one attached hydrogen (secondary N) is 1. The van der Waals surface area contributed by atoms with Crippen molar-refractivity contribution in [2.24, 2.45) is 0 Å². The van der Waals surface area contributed by atoms with Crippen LogP contribution in [0.15, 0.2) is 101 Å². The third-order valence-corrected chi connectivity index (χ3v) is 6.22. The molecule has 3 aromatic carbocycles. The van der Waals surface area contributed by atoms with E-state index >= 15 is 0 Å². The molecule has 2 N–H and O–H groups in total. The number of furan rings is 1. The van der Waals surface area contributed by atoms with Gasteiger partial charge in [0, 0.05) is 22.6 Å². The normalized spacial score (nSPS) is 16.8. The number of amides is 1. The van der Waals surface area contributed by atoms with Gasteiger partial charge in [-0.25, -0.2) is 0 Å². The molecule has 1 aromatic heterocycles. The number of aliphatic hydroxyl groups excluding tert-OH is 1. The van der Waals surface area contributed by atoms with Crippen molar-refractivity contribution in [1.29, 1.82) is 0 Å². The van der Waals surface area contributed by atoms with E-state index < -0.39 is 23.5 Å². The molecule has 1 aliphatic heterocycles. The highest BCUT2D eigenvalue weighted by atomic mass is 35.5. The summed E-state index contributed by atoms with van der Waals surface area (Å²) in [6.45, 7) is 0. The van der Waals surface area contributed by atoms with Crippen molar-refractivity contribution < 1.29 is 23.8 Å². The lowest BCUT2D eigenvalue weighted by Gasteiger charge is -2.23. The van der Waals surface area contributed by atoms with Crippen LogP contribution < -0.4 is 15.0 Å². The number of halogens is 1. The fourth-order valence-electron chi connectivity index (χ4n) is 4.17. The number of methoxy groups -OCH3 is 1. The van der Waals surface area contributed by atoms with E-state index in [0.717, 1.165) is 11.4 Å². The molecule has 0 bridgehead atoms. The second-order valence-electron chi connectivity index (χ2n) is 8.07. The van der Waals surface area contributed by atoms with Gasteiger partial charge in [0.2, 0.25) is 0 Å². The molecule has 0 spiro atoms. The quantitative estimate of drug-likeness (QED) is 0.183. The Balaban J connectivity index is 1.58. The van der Waals surface area contributed by atoms with Gasteiger partial charge in [-0.05, 0) is 66.7 Å². The Bertz CT molecular complexity index is 1450. The number of ketones is 1. The molecule has 5 rings (SSSR count). The lowest BCUT2D eigenvalue weighted by Crippen LogP contribution is -2.29. The predicted molar refractivity (Wildman–Crippen MR) is 138 cm³/mol. The summed E-state index contributed by atoms with van der Waals surface area (Å²) in [7, 11) is 1.48. The largest absolute Gasteiger partial charge is 0.507 e. The van der Waals surface area contributed by atoms with E-state index in [1.165, 1.54) is 24.3 Å². The molecule has 1 atom stereocenters. The Hall–Kier alpha value is -4.49. The molecular weight excluding hydrogens is 480 g/mol. The lowest BCUT2D eigenvalue weighted by atomic mass is 9.99. The second-order valence-corrected chi connectivity index (χ2v) is 8.48. The van der Waals surface area contributed by atoms with E-state index in [9.17, 15) is 14.7 Å². The van der Waals surface area contributed by atoms with Crippen LogP contribution in [-0.2, 0) is 9.59 Å². The fourth-order valence-corrected chi connectivity index (χ4v) is 4.37. The standard InChI is InChI=1S/C28H21ClN2O5/c1-35-20-13-14-22(29)21(16-20)26(32)24-25(23-8-5-15-36-23)31(28(34)27(24)33)19-11-9-18(10-12-19)30-17-6-3-2-4-7-17/h2-16,25,30,32H,1H3/b26-24-.